The summed E-state index contributed by atoms with van der Waals surface area (Å²) in [6, 6.07) is 2.85. The van der Waals surface area contributed by atoms with Crippen molar-refractivity contribution in [2.45, 2.75) is 45.1 Å². The maximum absolute atomic E-state index is 12.4. The fourth-order valence-electron chi connectivity index (χ4n) is 2.14. The molecule has 20 heavy (non-hydrogen) atoms. The van der Waals surface area contributed by atoms with Crippen LogP contribution in [0.25, 0.3) is 0 Å². The van der Waals surface area contributed by atoms with Gasteiger partial charge in [0.1, 0.15) is 0 Å². The first kappa shape index (κ1) is 16.9. The van der Waals surface area contributed by atoms with E-state index in [9.17, 15) is 13.5 Å². The van der Waals surface area contributed by atoms with Crippen LogP contribution < -0.4 is 10.5 Å². The molecule has 0 saturated carbocycles. The second-order valence-corrected chi connectivity index (χ2v) is 7.29. The molecule has 1 aromatic rings. The zero-order chi connectivity index (χ0) is 15.5. The fourth-order valence-corrected chi connectivity index (χ4v) is 3.74. The van der Waals surface area contributed by atoms with Gasteiger partial charge in [-0.1, -0.05) is 13.8 Å². The lowest BCUT2D eigenvalue weighted by molar-refractivity contribution is 0.240. The Morgan fingerprint density at radius 3 is 2.40 bits per heavy atom. The molecule has 0 aliphatic heterocycles. The Morgan fingerprint density at radius 1 is 1.30 bits per heavy atom. The summed E-state index contributed by atoms with van der Waals surface area (Å²) in [6.45, 7) is 7.21. The van der Waals surface area contributed by atoms with Crippen molar-refractivity contribution in [2.24, 2.45) is 5.92 Å². The first-order valence-electron chi connectivity index (χ1n) is 6.67. The maximum atomic E-state index is 12.4. The summed E-state index contributed by atoms with van der Waals surface area (Å²) in [5.74, 6) is 0.290. The number of aliphatic hydroxyl groups excluding tert-OH is 1. The number of hydrogen-bond donors (Lipinski definition) is 3. The van der Waals surface area contributed by atoms with Crippen LogP contribution in [0, 0.1) is 19.8 Å². The summed E-state index contributed by atoms with van der Waals surface area (Å²) in [6.07, 6.45) is 0.579. The van der Waals surface area contributed by atoms with Crippen LogP contribution in [-0.4, -0.2) is 26.2 Å². The lowest BCUT2D eigenvalue weighted by Gasteiger charge is -2.19. The number of aryl methyl sites for hydroxylation is 1. The molecule has 1 atom stereocenters. The van der Waals surface area contributed by atoms with Crippen LogP contribution in [0.15, 0.2) is 17.0 Å². The largest absolute Gasteiger partial charge is 0.398 e. The Balaban J connectivity index is 3.11. The molecule has 0 bridgehead atoms. The number of aliphatic hydroxyl groups is 1. The topological polar surface area (TPSA) is 92.4 Å². The van der Waals surface area contributed by atoms with Crippen LogP contribution in [0.2, 0.25) is 0 Å². The molecule has 0 aromatic heterocycles. The molecule has 1 rings (SSSR count). The highest BCUT2D eigenvalue weighted by Crippen LogP contribution is 2.23. The number of anilines is 1. The highest BCUT2D eigenvalue weighted by Gasteiger charge is 2.23. The molecule has 4 N–H and O–H groups in total. The normalized spacial score (nSPS) is 13.7. The van der Waals surface area contributed by atoms with Crippen LogP contribution in [0.5, 0.6) is 0 Å². The van der Waals surface area contributed by atoms with E-state index in [1.54, 1.807) is 26.0 Å². The lowest BCUT2D eigenvalue weighted by atomic mass is 10.1. The van der Waals surface area contributed by atoms with Gasteiger partial charge in [0.25, 0.3) is 0 Å². The van der Waals surface area contributed by atoms with Gasteiger partial charge in [-0.15, -0.1) is 0 Å². The van der Waals surface area contributed by atoms with E-state index in [0.717, 1.165) is 5.56 Å². The fraction of sp³-hybridized carbons (Fsp3) is 0.571. The molecule has 0 aliphatic rings. The van der Waals surface area contributed by atoms with Crippen LogP contribution in [0.1, 0.15) is 31.4 Å². The number of sulfonamides is 1. The van der Waals surface area contributed by atoms with Crippen LogP contribution in [0.3, 0.4) is 0 Å². The second-order valence-electron chi connectivity index (χ2n) is 5.61. The Morgan fingerprint density at radius 2 is 1.90 bits per heavy atom. The molecule has 0 heterocycles. The molecule has 0 saturated heterocycles. The van der Waals surface area contributed by atoms with Gasteiger partial charge in [0.15, 0.2) is 0 Å². The van der Waals surface area contributed by atoms with Crippen LogP contribution >= 0.6 is 0 Å². The number of nitrogens with one attached hydrogen (secondary N) is 1. The summed E-state index contributed by atoms with van der Waals surface area (Å²) < 4.78 is 27.4. The van der Waals surface area contributed by atoms with E-state index >= 15 is 0 Å². The molecule has 0 spiro atoms. The molecule has 114 valence electrons. The molecule has 1 aromatic carbocycles. The molecule has 1 unspecified atom stereocenters. The van der Waals surface area contributed by atoms with Gasteiger partial charge < -0.3 is 10.8 Å². The summed E-state index contributed by atoms with van der Waals surface area (Å²) >= 11 is 0. The monoisotopic (exact) mass is 300 g/mol. The Hall–Kier alpha value is -1.11. The van der Waals surface area contributed by atoms with Gasteiger partial charge in [0, 0.05) is 11.7 Å². The van der Waals surface area contributed by atoms with E-state index in [2.05, 4.69) is 4.72 Å². The Bertz CT molecular complexity index is 568. The van der Waals surface area contributed by atoms with Gasteiger partial charge in [-0.3, -0.25) is 0 Å². The molecule has 0 radical (unpaired) electrons. The van der Waals surface area contributed by atoms with Crippen molar-refractivity contribution in [1.82, 2.24) is 4.72 Å². The van der Waals surface area contributed by atoms with E-state index in [4.69, 9.17) is 5.73 Å². The number of hydrogen-bond acceptors (Lipinski definition) is 4. The van der Waals surface area contributed by atoms with Crippen molar-refractivity contribution in [3.8, 4) is 0 Å². The third-order valence-electron chi connectivity index (χ3n) is 3.13. The summed E-state index contributed by atoms with van der Waals surface area (Å²) in [7, 11) is -3.68. The molecule has 6 heteroatoms. The van der Waals surface area contributed by atoms with Crippen molar-refractivity contribution in [3.63, 3.8) is 0 Å². The van der Waals surface area contributed by atoms with E-state index in [-0.39, 0.29) is 11.5 Å². The van der Waals surface area contributed by atoms with Crippen molar-refractivity contribution < 1.29 is 13.5 Å². The van der Waals surface area contributed by atoms with Gasteiger partial charge in [0.05, 0.1) is 11.5 Å². The standard InChI is InChI=1S/C14H24N2O3S/c1-9(2)5-12(8-17)16-20(18,19)14-7-10(3)6-13(15)11(14)4/h6-7,9,12,16-17H,5,8,15H2,1-4H3. The highest BCUT2D eigenvalue weighted by molar-refractivity contribution is 7.89. The van der Waals surface area contributed by atoms with E-state index in [1.807, 2.05) is 13.8 Å². The predicted molar refractivity (Wildman–Crippen MR) is 81.0 cm³/mol. The zero-order valence-corrected chi connectivity index (χ0v) is 13.3. The summed E-state index contributed by atoms with van der Waals surface area (Å²) in [4.78, 5) is 0.178. The minimum absolute atomic E-state index is 0.178. The Kier molecular flexibility index (Phi) is 5.56. The summed E-state index contributed by atoms with van der Waals surface area (Å²) in [5, 5.41) is 9.31. The average Bonchev–Trinajstić information content (AvgIpc) is 2.31. The van der Waals surface area contributed by atoms with Crippen molar-refractivity contribution in [1.29, 1.82) is 0 Å². The van der Waals surface area contributed by atoms with Gasteiger partial charge >= 0.3 is 0 Å². The van der Waals surface area contributed by atoms with Gasteiger partial charge in [-0.05, 0) is 49.4 Å². The third kappa shape index (κ3) is 4.19. The molecule has 0 fully saturated rings. The van der Waals surface area contributed by atoms with Crippen molar-refractivity contribution in [2.75, 3.05) is 12.3 Å². The van der Waals surface area contributed by atoms with Gasteiger partial charge in [-0.25, -0.2) is 13.1 Å². The predicted octanol–water partition coefficient (Wildman–Crippen LogP) is 1.57. The second kappa shape index (κ2) is 6.56. The smallest absolute Gasteiger partial charge is 0.241 e. The number of rotatable bonds is 6. The first-order valence-corrected chi connectivity index (χ1v) is 8.15. The number of nitrogens with two attached hydrogens (primary N) is 1. The van der Waals surface area contributed by atoms with Crippen LogP contribution in [-0.2, 0) is 10.0 Å². The molecule has 0 aliphatic carbocycles. The molecular formula is C14H24N2O3S. The SMILES string of the molecule is Cc1cc(N)c(C)c(S(=O)(=O)NC(CO)CC(C)C)c1. The molecular weight excluding hydrogens is 276 g/mol. The maximum Gasteiger partial charge on any atom is 0.241 e. The minimum Gasteiger partial charge on any atom is -0.398 e. The summed E-state index contributed by atoms with van der Waals surface area (Å²) in [5.41, 5.74) is 7.60. The first-order chi connectivity index (χ1) is 9.17. The van der Waals surface area contributed by atoms with E-state index in [0.29, 0.717) is 23.6 Å². The van der Waals surface area contributed by atoms with E-state index in [1.165, 1.54) is 0 Å². The number of nitrogen functional groups attached to an aromatic ring is 1. The third-order valence-corrected chi connectivity index (χ3v) is 4.78. The van der Waals surface area contributed by atoms with Crippen molar-refractivity contribution in [3.05, 3.63) is 23.3 Å². The quantitative estimate of drug-likeness (QED) is 0.695. The highest BCUT2D eigenvalue weighted by atomic mass is 32.2. The molecule has 5 nitrogen and oxygen atoms in total. The van der Waals surface area contributed by atoms with Crippen molar-refractivity contribution >= 4 is 15.7 Å². The molecule has 0 amide bonds. The van der Waals surface area contributed by atoms with Crippen LogP contribution in [0.4, 0.5) is 5.69 Å². The number of benzene rings is 1. The lowest BCUT2D eigenvalue weighted by Crippen LogP contribution is -2.38. The Labute approximate surface area is 121 Å². The van der Waals surface area contributed by atoms with E-state index < -0.39 is 16.1 Å². The van der Waals surface area contributed by atoms with Gasteiger partial charge in [-0.2, -0.15) is 0 Å². The minimum atomic E-state index is -3.68. The zero-order valence-electron chi connectivity index (χ0n) is 12.5. The average molecular weight is 300 g/mol. The van der Waals surface area contributed by atoms with Gasteiger partial charge in [0.2, 0.25) is 10.0 Å².